The topological polar surface area (TPSA) is 72.7 Å². The summed E-state index contributed by atoms with van der Waals surface area (Å²) in [7, 11) is 0. The number of carbonyl (C=O) groups excluding carboxylic acids is 1. The molecule has 1 aromatic carbocycles. The van der Waals surface area contributed by atoms with Crippen molar-refractivity contribution in [3.8, 4) is 5.69 Å². The van der Waals surface area contributed by atoms with Crippen LogP contribution >= 0.6 is 11.8 Å². The Labute approximate surface area is 145 Å². The van der Waals surface area contributed by atoms with E-state index in [9.17, 15) is 4.79 Å². The number of nitrogens with zero attached hydrogens (tertiary/aromatic N) is 4. The first-order valence-electron chi connectivity index (χ1n) is 8.62. The molecule has 1 fully saturated rings. The Morgan fingerprint density at radius 2 is 2.04 bits per heavy atom. The van der Waals surface area contributed by atoms with E-state index in [1.54, 1.807) is 4.68 Å². The van der Waals surface area contributed by atoms with Crippen LogP contribution in [0.1, 0.15) is 43.2 Å². The Morgan fingerprint density at radius 1 is 1.21 bits per heavy atom. The maximum atomic E-state index is 12.1. The van der Waals surface area contributed by atoms with E-state index in [1.165, 1.54) is 42.2 Å². The molecule has 4 rings (SSSR count). The molecule has 1 aromatic heterocycles. The molecule has 0 unspecified atom stereocenters. The van der Waals surface area contributed by atoms with Gasteiger partial charge in [0.05, 0.1) is 11.4 Å². The Kier molecular flexibility index (Phi) is 4.51. The molecule has 0 radical (unpaired) electrons. The summed E-state index contributed by atoms with van der Waals surface area (Å²) in [5, 5.41) is 15.7. The van der Waals surface area contributed by atoms with E-state index in [-0.39, 0.29) is 5.91 Å². The predicted octanol–water partition coefficient (Wildman–Crippen LogP) is 2.30. The summed E-state index contributed by atoms with van der Waals surface area (Å²) in [5.74, 6) is 0.414. The van der Waals surface area contributed by atoms with Crippen molar-refractivity contribution >= 4 is 17.7 Å². The van der Waals surface area contributed by atoms with Gasteiger partial charge in [0.15, 0.2) is 0 Å². The highest BCUT2D eigenvalue weighted by molar-refractivity contribution is 7.99. The van der Waals surface area contributed by atoms with Crippen LogP contribution in [0.25, 0.3) is 5.69 Å². The quantitative estimate of drug-likeness (QED) is 0.844. The molecule has 24 heavy (non-hydrogen) atoms. The van der Waals surface area contributed by atoms with Gasteiger partial charge >= 0.3 is 0 Å². The third-order valence-corrected chi connectivity index (χ3v) is 5.74. The molecule has 0 atom stereocenters. The maximum Gasteiger partial charge on any atom is 0.230 e. The zero-order valence-corrected chi connectivity index (χ0v) is 14.4. The largest absolute Gasteiger partial charge is 0.353 e. The smallest absolute Gasteiger partial charge is 0.230 e. The van der Waals surface area contributed by atoms with E-state index in [2.05, 4.69) is 39.0 Å². The van der Waals surface area contributed by atoms with E-state index < -0.39 is 0 Å². The van der Waals surface area contributed by atoms with Crippen LogP contribution in [-0.2, 0) is 17.6 Å². The number of nitrogens with one attached hydrogen (secondary N) is 1. The maximum absolute atomic E-state index is 12.1. The van der Waals surface area contributed by atoms with Gasteiger partial charge in [0, 0.05) is 6.04 Å². The second kappa shape index (κ2) is 6.93. The van der Waals surface area contributed by atoms with E-state index in [0.29, 0.717) is 17.0 Å². The Hall–Kier alpha value is -1.89. The van der Waals surface area contributed by atoms with Crippen molar-refractivity contribution < 1.29 is 4.79 Å². The third-order valence-electron chi connectivity index (χ3n) is 4.82. The molecule has 1 N–H and O–H groups in total. The standard InChI is InChI=1S/C17H21N5OS/c23-16(18-14-6-1-2-7-14)11-24-17-19-20-21-22(17)15-9-8-12-4-3-5-13(12)10-15/h8-10,14H,1-7,11H2,(H,18,23). The molecule has 6 nitrogen and oxygen atoms in total. The summed E-state index contributed by atoms with van der Waals surface area (Å²) in [6, 6.07) is 6.75. The summed E-state index contributed by atoms with van der Waals surface area (Å²) in [4.78, 5) is 12.1. The zero-order chi connectivity index (χ0) is 16.4. The molecule has 2 aliphatic rings. The monoisotopic (exact) mass is 343 g/mol. The minimum Gasteiger partial charge on any atom is -0.353 e. The average molecular weight is 343 g/mol. The van der Waals surface area contributed by atoms with Gasteiger partial charge in [-0.15, -0.1) is 5.10 Å². The molecule has 7 heteroatoms. The van der Waals surface area contributed by atoms with Crippen molar-refractivity contribution in [2.24, 2.45) is 0 Å². The molecule has 1 heterocycles. The predicted molar refractivity (Wildman–Crippen MR) is 92.3 cm³/mol. The lowest BCUT2D eigenvalue weighted by Crippen LogP contribution is -2.33. The normalized spacial score (nSPS) is 17.2. The number of benzene rings is 1. The van der Waals surface area contributed by atoms with Crippen LogP contribution in [-0.4, -0.2) is 37.9 Å². The van der Waals surface area contributed by atoms with Crippen molar-refractivity contribution in [1.29, 1.82) is 0 Å². The summed E-state index contributed by atoms with van der Waals surface area (Å²) in [6.07, 6.45) is 8.14. The number of hydrogen-bond acceptors (Lipinski definition) is 5. The highest BCUT2D eigenvalue weighted by Crippen LogP contribution is 2.26. The number of aryl methyl sites for hydroxylation is 2. The van der Waals surface area contributed by atoms with Crippen LogP contribution in [0, 0.1) is 0 Å². The van der Waals surface area contributed by atoms with Gasteiger partial charge in [0.25, 0.3) is 0 Å². The second-order valence-corrected chi connectivity index (χ2v) is 7.46. The number of hydrogen-bond donors (Lipinski definition) is 1. The van der Waals surface area contributed by atoms with Crippen molar-refractivity contribution in [3.63, 3.8) is 0 Å². The molecule has 126 valence electrons. The Balaban J connectivity index is 1.42. The summed E-state index contributed by atoms with van der Waals surface area (Å²) < 4.78 is 1.73. The van der Waals surface area contributed by atoms with Gasteiger partial charge in [-0.05, 0) is 65.8 Å². The summed E-state index contributed by atoms with van der Waals surface area (Å²) in [6.45, 7) is 0. The molecular formula is C17H21N5OS. The molecule has 0 aliphatic heterocycles. The fraction of sp³-hybridized carbons (Fsp3) is 0.529. The number of thioether (sulfide) groups is 1. The lowest BCUT2D eigenvalue weighted by molar-refractivity contribution is -0.119. The van der Waals surface area contributed by atoms with Crippen LogP contribution in [0.2, 0.25) is 0 Å². The molecule has 0 spiro atoms. The van der Waals surface area contributed by atoms with Crippen molar-refractivity contribution in [1.82, 2.24) is 25.5 Å². The van der Waals surface area contributed by atoms with Crippen LogP contribution in [0.4, 0.5) is 0 Å². The van der Waals surface area contributed by atoms with Crippen molar-refractivity contribution in [3.05, 3.63) is 29.3 Å². The number of rotatable bonds is 5. The summed E-state index contributed by atoms with van der Waals surface area (Å²) >= 11 is 1.39. The Bertz CT molecular complexity index is 738. The molecule has 2 aromatic rings. The van der Waals surface area contributed by atoms with Crippen LogP contribution < -0.4 is 5.32 Å². The van der Waals surface area contributed by atoms with Crippen molar-refractivity contribution in [2.45, 2.75) is 56.1 Å². The van der Waals surface area contributed by atoms with Gasteiger partial charge < -0.3 is 5.32 Å². The fourth-order valence-corrected chi connectivity index (χ4v) is 4.29. The highest BCUT2D eigenvalue weighted by Gasteiger charge is 2.19. The lowest BCUT2D eigenvalue weighted by atomic mass is 10.1. The number of amides is 1. The van der Waals surface area contributed by atoms with Gasteiger partial charge in [-0.3, -0.25) is 4.79 Å². The van der Waals surface area contributed by atoms with E-state index in [1.807, 2.05) is 0 Å². The summed E-state index contributed by atoms with van der Waals surface area (Å²) in [5.41, 5.74) is 3.79. The highest BCUT2D eigenvalue weighted by atomic mass is 32.2. The fourth-order valence-electron chi connectivity index (χ4n) is 3.59. The van der Waals surface area contributed by atoms with E-state index in [0.717, 1.165) is 31.4 Å². The van der Waals surface area contributed by atoms with Gasteiger partial charge in [-0.2, -0.15) is 4.68 Å². The average Bonchev–Trinajstić information content (AvgIpc) is 3.33. The van der Waals surface area contributed by atoms with E-state index >= 15 is 0 Å². The lowest BCUT2D eigenvalue weighted by Gasteiger charge is -2.11. The SMILES string of the molecule is O=C(CSc1nnnn1-c1ccc2c(c1)CCC2)NC1CCCC1. The molecule has 0 saturated heterocycles. The van der Waals surface area contributed by atoms with Crippen LogP contribution in [0.3, 0.4) is 0 Å². The minimum absolute atomic E-state index is 0.0652. The second-order valence-electron chi connectivity index (χ2n) is 6.52. The molecule has 1 amide bonds. The number of fused-ring (bicyclic) bond motifs is 1. The Morgan fingerprint density at radius 3 is 2.92 bits per heavy atom. The van der Waals surface area contributed by atoms with Crippen LogP contribution in [0.5, 0.6) is 0 Å². The van der Waals surface area contributed by atoms with E-state index in [4.69, 9.17) is 0 Å². The van der Waals surface area contributed by atoms with Gasteiger partial charge in [-0.25, -0.2) is 0 Å². The first-order valence-corrected chi connectivity index (χ1v) is 9.61. The van der Waals surface area contributed by atoms with Gasteiger partial charge in [0.1, 0.15) is 0 Å². The zero-order valence-electron chi connectivity index (χ0n) is 13.6. The minimum atomic E-state index is 0.0652. The molecule has 1 saturated carbocycles. The number of carbonyl (C=O) groups is 1. The molecule has 2 aliphatic carbocycles. The van der Waals surface area contributed by atoms with Gasteiger partial charge in [0.2, 0.25) is 11.1 Å². The molecule has 0 bridgehead atoms. The first-order chi connectivity index (χ1) is 11.8. The molecular weight excluding hydrogens is 322 g/mol. The van der Waals surface area contributed by atoms with Gasteiger partial charge in [-0.1, -0.05) is 30.7 Å². The van der Waals surface area contributed by atoms with Crippen LogP contribution in [0.15, 0.2) is 23.4 Å². The number of tetrazole rings is 1. The third kappa shape index (κ3) is 3.31. The first kappa shape index (κ1) is 15.6. The van der Waals surface area contributed by atoms with Crippen molar-refractivity contribution in [2.75, 3.05) is 5.75 Å². The number of aromatic nitrogens is 4.